The van der Waals surface area contributed by atoms with E-state index in [1.807, 2.05) is 41.5 Å². The molecular formula is C35H56N6O10. The molecule has 286 valence electrons. The number of hydrogen-bond acceptors (Lipinski definition) is 10. The van der Waals surface area contributed by atoms with E-state index < -0.39 is 84.8 Å². The molecule has 0 spiro atoms. The molecule has 1 aromatic carbocycles. The van der Waals surface area contributed by atoms with Gasteiger partial charge in [0, 0.05) is 12.8 Å². The van der Waals surface area contributed by atoms with E-state index in [1.54, 1.807) is 0 Å². The predicted octanol–water partition coefficient (Wildman–Crippen LogP) is -0.120. The maximum Gasteiger partial charge on any atom is 0.303 e. The number of aromatic hydroxyl groups is 1. The number of aliphatic carboxylic acids is 1. The molecule has 0 heterocycles. The fourth-order valence-corrected chi connectivity index (χ4v) is 5.16. The van der Waals surface area contributed by atoms with Crippen molar-refractivity contribution in [1.29, 1.82) is 0 Å². The third-order valence-corrected chi connectivity index (χ3v) is 7.72. The molecule has 1 rings (SSSR count). The average molecular weight is 721 g/mol. The Labute approximate surface area is 299 Å². The van der Waals surface area contributed by atoms with Crippen LogP contribution in [0.5, 0.6) is 5.75 Å². The van der Waals surface area contributed by atoms with Crippen LogP contribution in [0.15, 0.2) is 24.3 Å². The number of carboxylic acid groups (broad SMARTS) is 1. The van der Waals surface area contributed by atoms with Gasteiger partial charge in [0.25, 0.3) is 0 Å². The summed E-state index contributed by atoms with van der Waals surface area (Å²) in [5.41, 5.74) is 6.49. The van der Waals surface area contributed by atoms with Crippen molar-refractivity contribution < 1.29 is 48.9 Å². The van der Waals surface area contributed by atoms with Crippen molar-refractivity contribution in [3.8, 4) is 5.75 Å². The summed E-state index contributed by atoms with van der Waals surface area (Å²) in [6.07, 6.45) is 0.319. The number of nitrogens with two attached hydrogens (primary N) is 1. The number of benzene rings is 1. The largest absolute Gasteiger partial charge is 0.508 e. The summed E-state index contributed by atoms with van der Waals surface area (Å²) in [7, 11) is 0. The van der Waals surface area contributed by atoms with Crippen LogP contribution < -0.4 is 32.3 Å². The Hall–Kier alpha value is -4.57. The molecule has 0 saturated carbocycles. The highest BCUT2D eigenvalue weighted by molar-refractivity contribution is 5.96. The first-order valence-electron chi connectivity index (χ1n) is 17.2. The van der Waals surface area contributed by atoms with Crippen molar-refractivity contribution in [2.75, 3.05) is 6.61 Å². The molecule has 0 aliphatic carbocycles. The molecule has 0 aromatic heterocycles. The molecule has 16 nitrogen and oxygen atoms in total. The number of carboxylic acids is 1. The monoisotopic (exact) mass is 720 g/mol. The number of hydrogen-bond donors (Lipinski definition) is 9. The van der Waals surface area contributed by atoms with Gasteiger partial charge in [-0.25, -0.2) is 0 Å². The first-order chi connectivity index (χ1) is 23.9. The van der Waals surface area contributed by atoms with Gasteiger partial charge in [-0.2, -0.15) is 0 Å². The molecule has 10 N–H and O–H groups in total. The van der Waals surface area contributed by atoms with E-state index in [-0.39, 0.29) is 42.8 Å². The fraction of sp³-hybridized carbons (Fsp3) is 0.629. The Balaban J connectivity index is 3.34. The number of carbonyl (C=O) groups excluding carboxylic acids is 6. The van der Waals surface area contributed by atoms with Gasteiger partial charge < -0.3 is 52.4 Å². The van der Waals surface area contributed by atoms with E-state index in [9.17, 15) is 48.9 Å². The number of aliphatic hydroxyl groups is 1. The fourth-order valence-electron chi connectivity index (χ4n) is 5.16. The highest BCUT2D eigenvalue weighted by Gasteiger charge is 2.33. The molecule has 0 saturated heterocycles. The van der Waals surface area contributed by atoms with Crippen LogP contribution in [0.1, 0.15) is 79.2 Å². The van der Waals surface area contributed by atoms with Crippen LogP contribution in [0.4, 0.5) is 0 Å². The summed E-state index contributed by atoms with van der Waals surface area (Å²) in [4.78, 5) is 89.5. The maximum atomic E-state index is 13.7. The molecule has 6 atom stereocenters. The van der Waals surface area contributed by atoms with Gasteiger partial charge in [0.1, 0.15) is 36.2 Å². The summed E-state index contributed by atoms with van der Waals surface area (Å²) < 4.78 is 0. The number of aliphatic hydroxyl groups excluding tert-OH is 1. The number of rotatable bonds is 23. The topological polar surface area (TPSA) is 266 Å². The molecule has 51 heavy (non-hydrogen) atoms. The third-order valence-electron chi connectivity index (χ3n) is 7.72. The number of aldehydes is 1. The summed E-state index contributed by atoms with van der Waals surface area (Å²) >= 11 is 0. The van der Waals surface area contributed by atoms with Crippen molar-refractivity contribution >= 4 is 41.8 Å². The lowest BCUT2D eigenvalue weighted by Gasteiger charge is -2.27. The normalized spacial score (nSPS) is 14.8. The van der Waals surface area contributed by atoms with Crippen molar-refractivity contribution in [2.24, 2.45) is 23.5 Å². The van der Waals surface area contributed by atoms with Gasteiger partial charge in [-0.15, -0.1) is 0 Å². The van der Waals surface area contributed by atoms with Gasteiger partial charge in [-0.3, -0.25) is 28.8 Å². The molecule has 16 heteroatoms. The van der Waals surface area contributed by atoms with Crippen LogP contribution in [0.25, 0.3) is 0 Å². The van der Waals surface area contributed by atoms with Crippen molar-refractivity contribution in [1.82, 2.24) is 26.6 Å². The summed E-state index contributed by atoms with van der Waals surface area (Å²) in [5.74, 6) is -5.23. The molecule has 0 aliphatic rings. The van der Waals surface area contributed by atoms with Crippen LogP contribution in [0.2, 0.25) is 0 Å². The Kier molecular flexibility index (Phi) is 19.4. The van der Waals surface area contributed by atoms with E-state index in [2.05, 4.69) is 26.6 Å². The van der Waals surface area contributed by atoms with Gasteiger partial charge in [0.05, 0.1) is 18.7 Å². The van der Waals surface area contributed by atoms with E-state index in [0.29, 0.717) is 24.7 Å². The SMILES string of the molecule is CC(C)C[C@@H](C=O)NC(=O)[C@H](CO)NC(=O)[C@H](Cc1ccc(O)cc1)NC(=O)[C@H](CCC(=O)O)NC(=O)[C@H](CC(C)C)NC(=O)[C@@H](N)CC(C)C. The van der Waals surface area contributed by atoms with Gasteiger partial charge in [-0.1, -0.05) is 53.7 Å². The lowest BCUT2D eigenvalue weighted by atomic mass is 9.99. The van der Waals surface area contributed by atoms with E-state index in [1.165, 1.54) is 24.3 Å². The van der Waals surface area contributed by atoms with Crippen molar-refractivity contribution in [3.05, 3.63) is 29.8 Å². The Morgan fingerprint density at radius 2 is 1.14 bits per heavy atom. The number of carbonyl (C=O) groups is 7. The zero-order chi connectivity index (χ0) is 38.8. The standard InChI is InChI=1S/C35H56N6O10/c1-19(2)13-23(17-42)37-35(51)29(18-43)41-34(50)28(16-22-7-9-24(44)10-8-22)40-32(48)26(11-12-30(45)46)38-33(49)27(15-21(5)6)39-31(47)25(36)14-20(3)4/h7-10,17,19-21,23,25-29,43-44H,11-16,18,36H2,1-6H3,(H,37,51)(H,38,49)(H,39,47)(H,40,48)(H,41,50)(H,45,46)/t23-,25-,26-,27-,28-,29-/m0/s1. The van der Waals surface area contributed by atoms with Gasteiger partial charge >= 0.3 is 5.97 Å². The maximum absolute atomic E-state index is 13.7. The van der Waals surface area contributed by atoms with Gasteiger partial charge in [0.15, 0.2) is 0 Å². The summed E-state index contributed by atoms with van der Waals surface area (Å²) in [6.45, 7) is 10.3. The second-order valence-corrected chi connectivity index (χ2v) is 14.0. The summed E-state index contributed by atoms with van der Waals surface area (Å²) in [5, 5.41) is 41.6. The van der Waals surface area contributed by atoms with Crippen LogP contribution in [-0.4, -0.2) is 100.0 Å². The number of phenols is 1. The highest BCUT2D eigenvalue weighted by Crippen LogP contribution is 2.13. The van der Waals surface area contributed by atoms with Crippen LogP contribution in [0, 0.1) is 17.8 Å². The van der Waals surface area contributed by atoms with Crippen LogP contribution >= 0.6 is 0 Å². The molecule has 0 radical (unpaired) electrons. The van der Waals surface area contributed by atoms with Gasteiger partial charge in [-0.05, 0) is 61.1 Å². The lowest BCUT2D eigenvalue weighted by molar-refractivity contribution is -0.138. The molecule has 0 bridgehead atoms. The minimum absolute atomic E-state index is 0.0570. The number of amides is 5. The average Bonchev–Trinajstić information content (AvgIpc) is 3.04. The lowest BCUT2D eigenvalue weighted by Crippen LogP contribution is -2.60. The predicted molar refractivity (Wildman–Crippen MR) is 188 cm³/mol. The third kappa shape index (κ3) is 17.3. The summed E-state index contributed by atoms with van der Waals surface area (Å²) in [6, 6.07) is -1.57. The molecule has 5 amide bonds. The Morgan fingerprint density at radius 1 is 0.667 bits per heavy atom. The molecule has 1 aromatic rings. The van der Waals surface area contributed by atoms with Crippen molar-refractivity contribution in [2.45, 2.75) is 116 Å². The van der Waals surface area contributed by atoms with Gasteiger partial charge in [0.2, 0.25) is 29.5 Å². The molecular weight excluding hydrogens is 664 g/mol. The molecule has 0 aliphatic heterocycles. The van der Waals surface area contributed by atoms with Crippen LogP contribution in [-0.2, 0) is 40.0 Å². The molecule has 0 unspecified atom stereocenters. The quantitative estimate of drug-likeness (QED) is 0.0673. The zero-order valence-corrected chi connectivity index (χ0v) is 30.3. The number of phenolic OH excluding ortho intramolecular Hbond substituents is 1. The second kappa shape index (κ2) is 22.3. The van der Waals surface area contributed by atoms with Crippen LogP contribution in [0.3, 0.4) is 0 Å². The first kappa shape index (κ1) is 44.5. The first-order valence-corrected chi connectivity index (χ1v) is 17.2. The zero-order valence-electron chi connectivity index (χ0n) is 30.3. The molecule has 0 fully saturated rings. The highest BCUT2D eigenvalue weighted by atomic mass is 16.4. The Bertz CT molecular complexity index is 1320. The van der Waals surface area contributed by atoms with E-state index in [0.717, 1.165) is 0 Å². The second-order valence-electron chi connectivity index (χ2n) is 14.0. The Morgan fingerprint density at radius 3 is 1.65 bits per heavy atom. The minimum Gasteiger partial charge on any atom is -0.508 e. The number of nitrogens with one attached hydrogen (secondary N) is 5. The van der Waals surface area contributed by atoms with E-state index in [4.69, 9.17) is 5.73 Å². The smallest absolute Gasteiger partial charge is 0.303 e. The minimum atomic E-state index is -1.50. The van der Waals surface area contributed by atoms with Crippen molar-refractivity contribution in [3.63, 3.8) is 0 Å². The van der Waals surface area contributed by atoms with E-state index >= 15 is 0 Å².